The molecule has 1 atom stereocenters. The molecule has 1 aliphatic carbocycles. The van der Waals surface area contributed by atoms with Crippen molar-refractivity contribution in [2.75, 3.05) is 11.6 Å². The van der Waals surface area contributed by atoms with E-state index in [-0.39, 0.29) is 17.7 Å². The van der Waals surface area contributed by atoms with E-state index in [9.17, 15) is 4.79 Å². The van der Waals surface area contributed by atoms with Gasteiger partial charge in [-0.3, -0.25) is 4.79 Å². The predicted octanol–water partition coefficient (Wildman–Crippen LogP) is 0.801. The maximum atomic E-state index is 12.0. The first-order chi connectivity index (χ1) is 11.0. The fourth-order valence-corrected chi connectivity index (χ4v) is 3.15. The number of amides is 1. The Morgan fingerprint density at radius 2 is 2.22 bits per heavy atom. The first-order valence-electron chi connectivity index (χ1n) is 7.62. The monoisotopic (exact) mass is 335 g/mol. The van der Waals surface area contributed by atoms with E-state index < -0.39 is 0 Å². The van der Waals surface area contributed by atoms with Crippen molar-refractivity contribution in [1.29, 1.82) is 0 Å². The van der Waals surface area contributed by atoms with E-state index in [2.05, 4.69) is 20.6 Å². The van der Waals surface area contributed by atoms with Gasteiger partial charge < -0.3 is 11.2 Å². The lowest BCUT2D eigenvalue weighted by molar-refractivity contribution is -0.119. The molecule has 0 aliphatic heterocycles. The molecule has 0 unspecified atom stereocenters. The predicted molar refractivity (Wildman–Crippen MR) is 87.8 cm³/mol. The summed E-state index contributed by atoms with van der Waals surface area (Å²) >= 11 is 1.27. The molecule has 0 bridgehead atoms. The molecule has 0 spiro atoms. The summed E-state index contributed by atoms with van der Waals surface area (Å²) in [6.45, 7) is 5.88. The molecule has 1 saturated carbocycles. The third-order valence-electron chi connectivity index (χ3n) is 3.90. The second kappa shape index (κ2) is 6.23. The molecule has 0 radical (unpaired) electrons. The van der Waals surface area contributed by atoms with Crippen molar-refractivity contribution in [3.63, 3.8) is 0 Å². The highest BCUT2D eigenvalue weighted by Crippen LogP contribution is 2.32. The van der Waals surface area contributed by atoms with Gasteiger partial charge in [0.05, 0.1) is 11.4 Å². The average molecular weight is 335 g/mol. The number of hydrogen-bond acceptors (Lipinski definition) is 6. The lowest BCUT2D eigenvalue weighted by Gasteiger charge is -2.12. The van der Waals surface area contributed by atoms with Crippen LogP contribution >= 0.6 is 11.8 Å². The Morgan fingerprint density at radius 1 is 1.48 bits per heavy atom. The molecular formula is C14H21N7OS. The molecule has 0 aromatic carbocycles. The summed E-state index contributed by atoms with van der Waals surface area (Å²) in [5.41, 5.74) is 1.81. The van der Waals surface area contributed by atoms with Gasteiger partial charge in [0.1, 0.15) is 0 Å². The van der Waals surface area contributed by atoms with Gasteiger partial charge in [-0.1, -0.05) is 11.8 Å². The SMILES string of the molecule is Cc1cc(C)n(-c2nnc(SCC(=O)N[C@@H](C)C3CC3)n2N)n1. The average Bonchev–Trinajstić information content (AvgIpc) is 3.21. The van der Waals surface area contributed by atoms with E-state index in [1.807, 2.05) is 26.8 Å². The molecule has 8 nitrogen and oxygen atoms in total. The number of nitrogens with two attached hydrogens (primary N) is 1. The van der Waals surface area contributed by atoms with Crippen molar-refractivity contribution in [1.82, 2.24) is 30.0 Å². The van der Waals surface area contributed by atoms with E-state index in [4.69, 9.17) is 5.84 Å². The molecule has 23 heavy (non-hydrogen) atoms. The van der Waals surface area contributed by atoms with E-state index in [1.165, 1.54) is 29.3 Å². The number of rotatable bonds is 6. The minimum atomic E-state index is -0.00920. The molecule has 3 rings (SSSR count). The highest BCUT2D eigenvalue weighted by Gasteiger charge is 2.28. The Bertz CT molecular complexity index is 719. The standard InChI is InChI=1S/C14H21N7OS/c1-8-6-9(2)21(19-8)13-17-18-14(20(13)15)23-7-12(22)16-10(3)11-4-5-11/h6,10-11H,4-5,7,15H2,1-3H3,(H,16,22)/t10-/m0/s1. The van der Waals surface area contributed by atoms with Gasteiger partial charge in [0.2, 0.25) is 11.1 Å². The Kier molecular flexibility index (Phi) is 4.29. The number of nitrogens with one attached hydrogen (secondary N) is 1. The van der Waals surface area contributed by atoms with Crippen molar-refractivity contribution < 1.29 is 4.79 Å². The largest absolute Gasteiger partial charge is 0.353 e. The first-order valence-corrected chi connectivity index (χ1v) is 8.60. The molecule has 124 valence electrons. The summed E-state index contributed by atoms with van der Waals surface area (Å²) in [5, 5.41) is 16.0. The van der Waals surface area contributed by atoms with Crippen molar-refractivity contribution >= 4 is 17.7 Å². The maximum absolute atomic E-state index is 12.0. The Morgan fingerprint density at radius 3 is 2.83 bits per heavy atom. The number of aryl methyl sites for hydroxylation is 2. The van der Waals surface area contributed by atoms with Crippen LogP contribution in [-0.2, 0) is 4.79 Å². The topological polar surface area (TPSA) is 104 Å². The van der Waals surface area contributed by atoms with Crippen LogP contribution < -0.4 is 11.2 Å². The number of nitrogens with zero attached hydrogens (tertiary/aromatic N) is 5. The van der Waals surface area contributed by atoms with Gasteiger partial charge in [0.25, 0.3) is 5.95 Å². The van der Waals surface area contributed by atoms with Gasteiger partial charge >= 0.3 is 0 Å². The van der Waals surface area contributed by atoms with E-state index in [0.29, 0.717) is 17.0 Å². The van der Waals surface area contributed by atoms with Crippen LogP contribution in [0.1, 0.15) is 31.2 Å². The van der Waals surface area contributed by atoms with Crippen molar-refractivity contribution in [3.8, 4) is 5.95 Å². The molecular weight excluding hydrogens is 314 g/mol. The fourth-order valence-electron chi connectivity index (χ4n) is 2.48. The Hall–Kier alpha value is -2.03. The lowest BCUT2D eigenvalue weighted by Crippen LogP contribution is -2.35. The quantitative estimate of drug-likeness (QED) is 0.598. The van der Waals surface area contributed by atoms with Gasteiger partial charge in [-0.15, -0.1) is 10.2 Å². The molecule has 3 N–H and O–H groups in total. The minimum Gasteiger partial charge on any atom is -0.353 e. The van der Waals surface area contributed by atoms with E-state index in [1.54, 1.807) is 4.68 Å². The third kappa shape index (κ3) is 3.49. The van der Waals surface area contributed by atoms with Gasteiger partial charge in [-0.25, -0.2) is 9.36 Å². The number of carbonyl (C=O) groups excluding carboxylic acids is 1. The normalized spacial score (nSPS) is 15.6. The third-order valence-corrected chi connectivity index (χ3v) is 4.84. The minimum absolute atomic E-state index is 0.00920. The summed E-state index contributed by atoms with van der Waals surface area (Å²) in [6, 6.07) is 2.18. The second-order valence-electron chi connectivity index (χ2n) is 5.97. The summed E-state index contributed by atoms with van der Waals surface area (Å²) in [5.74, 6) is 7.37. The summed E-state index contributed by atoms with van der Waals surface area (Å²) < 4.78 is 3.00. The van der Waals surface area contributed by atoms with Gasteiger partial charge in [-0.05, 0) is 45.6 Å². The van der Waals surface area contributed by atoms with Crippen LogP contribution in [0.5, 0.6) is 0 Å². The highest BCUT2D eigenvalue weighted by molar-refractivity contribution is 7.99. The number of thioether (sulfide) groups is 1. The number of nitrogen functional groups attached to an aromatic ring is 1. The smallest absolute Gasteiger partial charge is 0.271 e. The van der Waals surface area contributed by atoms with Gasteiger partial charge in [0.15, 0.2) is 0 Å². The van der Waals surface area contributed by atoms with Crippen molar-refractivity contribution in [2.45, 2.75) is 44.8 Å². The van der Waals surface area contributed by atoms with Crippen LogP contribution in [-0.4, -0.2) is 42.4 Å². The van der Waals surface area contributed by atoms with Crippen LogP contribution in [0.3, 0.4) is 0 Å². The molecule has 0 saturated heterocycles. The van der Waals surface area contributed by atoms with Gasteiger partial charge in [-0.2, -0.15) is 5.10 Å². The summed E-state index contributed by atoms with van der Waals surface area (Å²) in [6.07, 6.45) is 2.41. The first kappa shape index (κ1) is 15.9. The highest BCUT2D eigenvalue weighted by atomic mass is 32.2. The molecule has 9 heteroatoms. The number of carbonyl (C=O) groups is 1. The zero-order valence-electron chi connectivity index (χ0n) is 13.5. The lowest BCUT2D eigenvalue weighted by atomic mass is 10.2. The van der Waals surface area contributed by atoms with Crippen LogP contribution in [0.15, 0.2) is 11.2 Å². The molecule has 2 heterocycles. The Balaban J connectivity index is 1.63. The zero-order chi connectivity index (χ0) is 16.6. The van der Waals surface area contributed by atoms with Crippen LogP contribution in [0, 0.1) is 19.8 Å². The van der Waals surface area contributed by atoms with E-state index >= 15 is 0 Å². The fraction of sp³-hybridized carbons (Fsp3) is 0.571. The van der Waals surface area contributed by atoms with Gasteiger partial charge in [0, 0.05) is 11.7 Å². The molecule has 1 amide bonds. The number of aromatic nitrogens is 5. The van der Waals surface area contributed by atoms with Crippen molar-refractivity contribution in [2.24, 2.45) is 5.92 Å². The molecule has 1 aliphatic rings. The molecule has 1 fully saturated rings. The summed E-state index contributed by atoms with van der Waals surface area (Å²) in [7, 11) is 0. The maximum Gasteiger partial charge on any atom is 0.271 e. The Labute approximate surface area is 138 Å². The zero-order valence-corrected chi connectivity index (χ0v) is 14.3. The van der Waals surface area contributed by atoms with Crippen LogP contribution in [0.4, 0.5) is 0 Å². The summed E-state index contributed by atoms with van der Waals surface area (Å²) in [4.78, 5) is 12.0. The van der Waals surface area contributed by atoms with Crippen LogP contribution in [0.25, 0.3) is 5.95 Å². The van der Waals surface area contributed by atoms with E-state index in [0.717, 1.165) is 11.4 Å². The second-order valence-corrected chi connectivity index (χ2v) is 6.92. The number of hydrogen-bond donors (Lipinski definition) is 2. The molecule has 2 aromatic heterocycles. The molecule has 2 aromatic rings. The van der Waals surface area contributed by atoms with Crippen LogP contribution in [0.2, 0.25) is 0 Å². The van der Waals surface area contributed by atoms with Crippen molar-refractivity contribution in [3.05, 3.63) is 17.5 Å².